The van der Waals surface area contributed by atoms with Crippen LogP contribution in [0.3, 0.4) is 0 Å². The molecule has 2 aromatic heterocycles. The zero-order valence-electron chi connectivity index (χ0n) is 13.4. The molecule has 3 heterocycles. The van der Waals surface area contributed by atoms with E-state index in [4.69, 9.17) is 5.73 Å². The summed E-state index contributed by atoms with van der Waals surface area (Å²) in [7, 11) is 0. The van der Waals surface area contributed by atoms with Gasteiger partial charge < -0.3 is 15.5 Å². The van der Waals surface area contributed by atoms with Gasteiger partial charge in [0.05, 0.1) is 5.56 Å². The Labute approximate surface area is 140 Å². The molecule has 1 amide bonds. The summed E-state index contributed by atoms with van der Waals surface area (Å²) in [5.41, 5.74) is 5.68. The highest BCUT2D eigenvalue weighted by molar-refractivity contribution is 7.15. The molecule has 2 aromatic rings. The highest BCUT2D eigenvalue weighted by atomic mass is 32.1. The monoisotopic (exact) mass is 331 g/mol. The molecule has 0 bridgehead atoms. The molecule has 3 rings (SSSR count). The van der Waals surface area contributed by atoms with Crippen LogP contribution in [0.1, 0.15) is 35.0 Å². The van der Waals surface area contributed by atoms with Crippen molar-refractivity contribution in [3.05, 3.63) is 35.0 Å². The first-order chi connectivity index (χ1) is 11.0. The fourth-order valence-corrected chi connectivity index (χ4v) is 3.50. The standard InChI is InChI=1S/C16H21N5OS/c1-11(2)13-10-19-16(23-13)21-7-5-20(6-8-21)14-4-3-12(9-18-14)15(17)22/h3-4,9-11H,5-8H2,1-2H3,(H2,17,22). The summed E-state index contributed by atoms with van der Waals surface area (Å²) in [5, 5.41) is 1.10. The van der Waals surface area contributed by atoms with Gasteiger partial charge in [0.25, 0.3) is 0 Å². The van der Waals surface area contributed by atoms with Gasteiger partial charge in [-0.1, -0.05) is 13.8 Å². The van der Waals surface area contributed by atoms with Gasteiger partial charge in [0.15, 0.2) is 5.13 Å². The van der Waals surface area contributed by atoms with Crippen molar-refractivity contribution in [2.24, 2.45) is 5.73 Å². The molecule has 1 saturated heterocycles. The van der Waals surface area contributed by atoms with Gasteiger partial charge in [-0.25, -0.2) is 9.97 Å². The molecule has 2 N–H and O–H groups in total. The molecule has 1 aliphatic rings. The van der Waals surface area contributed by atoms with Crippen molar-refractivity contribution in [3.8, 4) is 0 Å². The number of thiazole rings is 1. The third kappa shape index (κ3) is 3.44. The van der Waals surface area contributed by atoms with Crippen molar-refractivity contribution < 1.29 is 4.79 Å². The fourth-order valence-electron chi connectivity index (χ4n) is 2.54. The summed E-state index contributed by atoms with van der Waals surface area (Å²) in [6.07, 6.45) is 3.53. The number of hydrogen-bond acceptors (Lipinski definition) is 6. The molecule has 23 heavy (non-hydrogen) atoms. The number of pyridine rings is 1. The summed E-state index contributed by atoms with van der Waals surface area (Å²) in [5.74, 6) is 0.964. The Bertz CT molecular complexity index is 674. The minimum atomic E-state index is -0.446. The lowest BCUT2D eigenvalue weighted by Gasteiger charge is -2.35. The van der Waals surface area contributed by atoms with E-state index in [1.54, 1.807) is 23.6 Å². The van der Waals surface area contributed by atoms with Crippen LogP contribution in [0.2, 0.25) is 0 Å². The van der Waals surface area contributed by atoms with E-state index < -0.39 is 5.91 Å². The van der Waals surface area contributed by atoms with E-state index >= 15 is 0 Å². The maximum atomic E-state index is 11.1. The smallest absolute Gasteiger partial charge is 0.250 e. The van der Waals surface area contributed by atoms with E-state index in [0.29, 0.717) is 11.5 Å². The number of carbonyl (C=O) groups excluding carboxylic acids is 1. The summed E-state index contributed by atoms with van der Waals surface area (Å²) in [4.78, 5) is 25.9. The van der Waals surface area contributed by atoms with Gasteiger partial charge in [-0.3, -0.25) is 4.79 Å². The van der Waals surface area contributed by atoms with Gasteiger partial charge in [-0.2, -0.15) is 0 Å². The average Bonchev–Trinajstić information content (AvgIpc) is 3.05. The van der Waals surface area contributed by atoms with E-state index in [9.17, 15) is 4.79 Å². The zero-order valence-corrected chi connectivity index (χ0v) is 14.2. The third-order valence-electron chi connectivity index (χ3n) is 3.99. The number of hydrogen-bond donors (Lipinski definition) is 1. The van der Waals surface area contributed by atoms with Crippen LogP contribution in [-0.2, 0) is 0 Å². The van der Waals surface area contributed by atoms with Crippen molar-refractivity contribution in [1.29, 1.82) is 0 Å². The molecule has 0 unspecified atom stereocenters. The van der Waals surface area contributed by atoms with Crippen molar-refractivity contribution >= 4 is 28.2 Å². The van der Waals surface area contributed by atoms with E-state index in [-0.39, 0.29) is 0 Å². The third-order valence-corrected chi connectivity index (χ3v) is 5.35. The second kappa shape index (κ2) is 6.54. The van der Waals surface area contributed by atoms with E-state index in [1.165, 1.54) is 4.88 Å². The fraction of sp³-hybridized carbons (Fsp3) is 0.438. The van der Waals surface area contributed by atoms with Gasteiger partial charge in [0.2, 0.25) is 5.91 Å². The molecule has 0 saturated carbocycles. The van der Waals surface area contributed by atoms with E-state index in [1.807, 2.05) is 12.3 Å². The highest BCUT2D eigenvalue weighted by Crippen LogP contribution is 2.29. The Kier molecular flexibility index (Phi) is 4.47. The maximum absolute atomic E-state index is 11.1. The Morgan fingerprint density at radius 1 is 1.13 bits per heavy atom. The lowest BCUT2D eigenvalue weighted by molar-refractivity contribution is 0.1000. The van der Waals surface area contributed by atoms with Crippen molar-refractivity contribution in [3.63, 3.8) is 0 Å². The Morgan fingerprint density at radius 3 is 2.35 bits per heavy atom. The Morgan fingerprint density at radius 2 is 1.83 bits per heavy atom. The normalized spacial score (nSPS) is 15.3. The minimum Gasteiger partial charge on any atom is -0.366 e. The SMILES string of the molecule is CC(C)c1cnc(N2CCN(c3ccc(C(N)=O)cn3)CC2)s1. The molecule has 7 heteroatoms. The van der Waals surface area contributed by atoms with Crippen LogP contribution in [0.15, 0.2) is 24.5 Å². The summed E-state index contributed by atoms with van der Waals surface area (Å²) in [6, 6.07) is 3.59. The van der Waals surface area contributed by atoms with Crippen molar-refractivity contribution in [2.45, 2.75) is 19.8 Å². The quantitative estimate of drug-likeness (QED) is 0.928. The van der Waals surface area contributed by atoms with Crippen LogP contribution in [0.4, 0.5) is 10.9 Å². The van der Waals surface area contributed by atoms with E-state index in [2.05, 4.69) is 33.6 Å². The number of piperazine rings is 1. The number of nitrogens with zero attached hydrogens (tertiary/aromatic N) is 4. The van der Waals surface area contributed by atoms with Gasteiger partial charge in [-0.15, -0.1) is 11.3 Å². The number of primary amides is 1. The summed E-state index contributed by atoms with van der Waals surface area (Å²) < 4.78 is 0. The van der Waals surface area contributed by atoms with Gasteiger partial charge in [0, 0.05) is 43.4 Å². The number of rotatable bonds is 4. The summed E-state index contributed by atoms with van der Waals surface area (Å²) in [6.45, 7) is 8.00. The highest BCUT2D eigenvalue weighted by Gasteiger charge is 2.20. The minimum absolute atomic E-state index is 0.441. The van der Waals surface area contributed by atoms with Crippen LogP contribution >= 0.6 is 11.3 Å². The van der Waals surface area contributed by atoms with Crippen LogP contribution < -0.4 is 15.5 Å². The molecule has 0 atom stereocenters. The first-order valence-electron chi connectivity index (χ1n) is 7.76. The second-order valence-electron chi connectivity index (χ2n) is 5.94. The van der Waals surface area contributed by atoms with Gasteiger partial charge in [-0.05, 0) is 18.1 Å². The van der Waals surface area contributed by atoms with Crippen molar-refractivity contribution in [2.75, 3.05) is 36.0 Å². The molecule has 1 aliphatic heterocycles. The lowest BCUT2D eigenvalue weighted by Crippen LogP contribution is -2.46. The predicted octanol–water partition coefficient (Wildman–Crippen LogP) is 2.09. The maximum Gasteiger partial charge on any atom is 0.250 e. The molecule has 0 aromatic carbocycles. The number of carbonyl (C=O) groups is 1. The molecule has 122 valence electrons. The van der Waals surface area contributed by atoms with E-state index in [0.717, 1.165) is 37.1 Å². The molecular weight excluding hydrogens is 310 g/mol. The molecule has 0 spiro atoms. The Balaban J connectivity index is 1.62. The zero-order chi connectivity index (χ0) is 16.4. The van der Waals surface area contributed by atoms with Crippen LogP contribution in [0.5, 0.6) is 0 Å². The number of anilines is 2. The molecule has 0 radical (unpaired) electrons. The number of aromatic nitrogens is 2. The van der Waals surface area contributed by atoms with Gasteiger partial charge in [0.1, 0.15) is 5.82 Å². The molecular formula is C16H21N5OS. The average molecular weight is 331 g/mol. The predicted molar refractivity (Wildman–Crippen MR) is 93.4 cm³/mol. The molecule has 1 fully saturated rings. The largest absolute Gasteiger partial charge is 0.366 e. The van der Waals surface area contributed by atoms with Crippen LogP contribution in [0, 0.1) is 0 Å². The summed E-state index contributed by atoms with van der Waals surface area (Å²) >= 11 is 1.78. The lowest BCUT2D eigenvalue weighted by atomic mass is 10.2. The van der Waals surface area contributed by atoms with Crippen LogP contribution in [0.25, 0.3) is 0 Å². The number of amides is 1. The second-order valence-corrected chi connectivity index (χ2v) is 6.98. The Hall–Kier alpha value is -2.15. The first-order valence-corrected chi connectivity index (χ1v) is 8.57. The topological polar surface area (TPSA) is 75.3 Å². The number of nitrogens with two attached hydrogens (primary N) is 1. The molecule has 6 nitrogen and oxygen atoms in total. The first kappa shape index (κ1) is 15.7. The molecule has 0 aliphatic carbocycles. The van der Waals surface area contributed by atoms with Gasteiger partial charge >= 0.3 is 0 Å². The van der Waals surface area contributed by atoms with Crippen LogP contribution in [-0.4, -0.2) is 42.1 Å². The van der Waals surface area contributed by atoms with Crippen molar-refractivity contribution in [1.82, 2.24) is 9.97 Å².